The van der Waals surface area contributed by atoms with Crippen molar-refractivity contribution >= 4 is 124 Å². The number of hydrogen-bond donors (Lipinski definition) is 1. The van der Waals surface area contributed by atoms with E-state index < -0.39 is 0 Å². The molecule has 0 saturated heterocycles. The molecule has 0 unspecified atom stereocenters. The number of ether oxygens (including phenoxy) is 1. The zero-order valence-corrected chi connectivity index (χ0v) is 40.4. The summed E-state index contributed by atoms with van der Waals surface area (Å²) in [7, 11) is 0. The van der Waals surface area contributed by atoms with Crippen LogP contribution in [0.25, 0.3) is 89.2 Å². The van der Waals surface area contributed by atoms with Gasteiger partial charge in [-0.1, -0.05) is 87.6 Å². The molecule has 0 aliphatic carbocycles. The fourth-order valence-electron chi connectivity index (χ4n) is 7.93. The Morgan fingerprint density at radius 1 is 0.450 bits per heavy atom. The van der Waals surface area contributed by atoms with E-state index in [9.17, 15) is 0 Å². The van der Waals surface area contributed by atoms with Crippen LogP contribution in [0, 0.1) is 10.7 Å². The van der Waals surface area contributed by atoms with E-state index in [1.165, 1.54) is 42.8 Å². The van der Waals surface area contributed by atoms with Crippen molar-refractivity contribution in [3.8, 4) is 50.3 Å². The van der Waals surface area contributed by atoms with Crippen LogP contribution in [0.4, 0.5) is 0 Å². The molecule has 0 radical (unpaired) electrons. The van der Waals surface area contributed by atoms with E-state index in [0.717, 1.165) is 106 Å². The maximum Gasteiger partial charge on any atom is 0.119 e. The molecule has 0 amide bonds. The fourth-order valence-corrected chi connectivity index (χ4v) is 10.2. The number of hydrogen-bond acceptors (Lipinski definition) is 4. The van der Waals surface area contributed by atoms with Gasteiger partial charge in [0.2, 0.25) is 0 Å². The molecule has 0 spiro atoms. The molecule has 2 aliphatic heterocycles. The lowest BCUT2D eigenvalue weighted by Crippen LogP contribution is -1.97. The first kappa shape index (κ1) is 41.3. The van der Waals surface area contributed by atoms with Gasteiger partial charge < -0.3 is 9.72 Å². The van der Waals surface area contributed by atoms with Crippen LogP contribution in [0.15, 0.2) is 121 Å². The highest BCUT2D eigenvalue weighted by Crippen LogP contribution is 2.41. The molecule has 60 heavy (non-hydrogen) atoms. The number of fused-ring (bicyclic) bond motifs is 8. The van der Waals surface area contributed by atoms with Gasteiger partial charge in [-0.3, -0.25) is 0 Å². The van der Waals surface area contributed by atoms with E-state index in [-0.39, 0.29) is 0 Å². The number of H-pyrrole nitrogens is 1. The van der Waals surface area contributed by atoms with Gasteiger partial charge in [-0.25, -0.2) is 9.97 Å². The zero-order chi connectivity index (χ0) is 41.0. The minimum absolute atomic E-state index is 0.736. The van der Waals surface area contributed by atoms with Gasteiger partial charge >= 0.3 is 0 Å². The third-order valence-corrected chi connectivity index (χ3v) is 14.2. The van der Waals surface area contributed by atoms with Crippen LogP contribution in [0.2, 0.25) is 0 Å². The summed E-state index contributed by atoms with van der Waals surface area (Å²) in [6.07, 6.45) is 16.2. The standard InChI is InChI=1S/C52H42I3N3OS/c1-2-3-4-5-6-7-32-59-40-22-14-36(15-23-40)52-46-29-27-44(58-46)50(34-10-18-38(54)19-11-34)42-25-24-41(56-42)49(33-8-16-37(53)17-9-33)43-26-28-45(57-43)51(47-30-31-48(52)60-47)35-12-20-39(55)21-13-35/h8-31,56H,2-7,32H2,1H3. The molecule has 0 saturated carbocycles. The Labute approximate surface area is 396 Å². The summed E-state index contributed by atoms with van der Waals surface area (Å²) >= 11 is 8.92. The first-order valence-electron chi connectivity index (χ1n) is 20.5. The molecule has 0 fully saturated rings. The number of halogens is 3. The summed E-state index contributed by atoms with van der Waals surface area (Å²) in [5.74, 6) is 0.898. The van der Waals surface area contributed by atoms with Crippen LogP contribution in [0.3, 0.4) is 0 Å². The van der Waals surface area contributed by atoms with Crippen molar-refractivity contribution in [3.63, 3.8) is 0 Å². The Hall–Kier alpha value is -4.11. The maximum absolute atomic E-state index is 6.24. The molecule has 5 heterocycles. The largest absolute Gasteiger partial charge is 0.494 e. The van der Waals surface area contributed by atoms with Gasteiger partial charge in [0.25, 0.3) is 0 Å². The summed E-state index contributed by atoms with van der Waals surface area (Å²) < 4.78 is 12.1. The predicted octanol–water partition coefficient (Wildman–Crippen LogP) is 16.6. The normalized spacial score (nSPS) is 12.0. The minimum atomic E-state index is 0.736. The predicted molar refractivity (Wildman–Crippen MR) is 281 cm³/mol. The SMILES string of the molecule is CCCCCCCCOc1ccc(-c2c3nc(c(-c4ccc(I)cc4)c4ccc([nH]4)c(-c4ccc(I)cc4)c4nc(c(-c5ccc(I)cc5)c5ccc2s5)C=C4)C=C3)cc1. The summed E-state index contributed by atoms with van der Waals surface area (Å²) in [4.78, 5) is 14.8. The smallest absolute Gasteiger partial charge is 0.119 e. The van der Waals surface area contributed by atoms with Gasteiger partial charge in [0.05, 0.1) is 29.4 Å². The van der Waals surface area contributed by atoms with Crippen molar-refractivity contribution in [3.05, 3.63) is 155 Å². The summed E-state index contributed by atoms with van der Waals surface area (Å²) in [6.45, 7) is 3.00. The van der Waals surface area contributed by atoms with Crippen molar-refractivity contribution in [2.45, 2.75) is 45.4 Å². The van der Waals surface area contributed by atoms with Crippen LogP contribution in [-0.4, -0.2) is 21.6 Å². The van der Waals surface area contributed by atoms with E-state index in [4.69, 9.17) is 14.7 Å². The zero-order valence-electron chi connectivity index (χ0n) is 33.2. The van der Waals surface area contributed by atoms with E-state index in [1.54, 1.807) is 11.3 Å². The molecule has 4 nitrogen and oxygen atoms in total. The lowest BCUT2D eigenvalue weighted by Gasteiger charge is -2.09. The van der Waals surface area contributed by atoms with Crippen molar-refractivity contribution in [2.75, 3.05) is 6.61 Å². The number of rotatable bonds is 12. The summed E-state index contributed by atoms with van der Waals surface area (Å²) in [5.41, 5.74) is 14.4. The monoisotopic (exact) mass is 1140 g/mol. The number of thiophene rings is 1. The van der Waals surface area contributed by atoms with E-state index >= 15 is 0 Å². The van der Waals surface area contributed by atoms with Crippen LogP contribution in [-0.2, 0) is 0 Å². The van der Waals surface area contributed by atoms with Crippen LogP contribution >= 0.6 is 79.1 Å². The number of nitrogens with zero attached hydrogens (tertiary/aromatic N) is 2. The van der Waals surface area contributed by atoms with Gasteiger partial charge in [-0.2, -0.15) is 0 Å². The summed E-state index contributed by atoms with van der Waals surface area (Å²) in [5, 5.41) is 0. The van der Waals surface area contributed by atoms with E-state index in [0.29, 0.717) is 0 Å². The van der Waals surface area contributed by atoms with Crippen LogP contribution < -0.4 is 4.74 Å². The maximum atomic E-state index is 6.24. The number of aromatic nitrogens is 3. The molecule has 3 aromatic heterocycles. The van der Waals surface area contributed by atoms with Gasteiger partial charge in [-0.15, -0.1) is 11.3 Å². The lowest BCUT2D eigenvalue weighted by molar-refractivity contribution is 0.304. The Balaban J connectivity index is 1.30. The second-order valence-electron chi connectivity index (χ2n) is 15.0. The third-order valence-electron chi connectivity index (χ3n) is 10.9. The van der Waals surface area contributed by atoms with Crippen molar-refractivity contribution < 1.29 is 4.74 Å². The Kier molecular flexibility index (Phi) is 13.0. The molecular weight excluding hydrogens is 1100 g/mol. The quantitative estimate of drug-likeness (QED) is 0.0980. The molecular formula is C52H42I3N3OS. The molecule has 298 valence electrons. The molecule has 8 bridgehead atoms. The lowest BCUT2D eigenvalue weighted by atomic mass is 10.0. The second-order valence-corrected chi connectivity index (χ2v) is 19.9. The van der Waals surface area contributed by atoms with E-state index in [2.05, 4.69) is 225 Å². The topological polar surface area (TPSA) is 50.8 Å². The second kappa shape index (κ2) is 18.9. The van der Waals surface area contributed by atoms with Gasteiger partial charge in [0.1, 0.15) is 5.75 Å². The summed E-state index contributed by atoms with van der Waals surface area (Å²) in [6, 6.07) is 43.7. The molecule has 8 heteroatoms. The first-order chi connectivity index (χ1) is 29.4. The van der Waals surface area contributed by atoms with Crippen molar-refractivity contribution in [1.29, 1.82) is 0 Å². The van der Waals surface area contributed by atoms with Crippen molar-refractivity contribution in [2.24, 2.45) is 0 Å². The molecule has 4 aromatic carbocycles. The fraction of sp³-hybridized carbons (Fsp3) is 0.154. The molecule has 1 N–H and O–H groups in total. The van der Waals surface area contributed by atoms with Gasteiger partial charge in [0, 0.05) is 53.4 Å². The third kappa shape index (κ3) is 9.07. The van der Waals surface area contributed by atoms with Gasteiger partial charge in [0.15, 0.2) is 0 Å². The van der Waals surface area contributed by atoms with Gasteiger partial charge in [-0.05, 0) is 194 Å². The molecule has 0 atom stereocenters. The number of benzene rings is 4. The minimum Gasteiger partial charge on any atom is -0.494 e. The Bertz CT molecular complexity index is 2850. The highest BCUT2D eigenvalue weighted by atomic mass is 127. The van der Waals surface area contributed by atoms with Crippen LogP contribution in [0.5, 0.6) is 5.75 Å². The number of unbranched alkanes of at least 4 members (excludes halogenated alkanes) is 5. The average molecular weight is 1140 g/mol. The van der Waals surface area contributed by atoms with Crippen LogP contribution in [0.1, 0.15) is 68.2 Å². The number of aromatic amines is 1. The average Bonchev–Trinajstić information content (AvgIpc) is 4.11. The molecule has 9 rings (SSSR count). The Morgan fingerprint density at radius 2 is 0.833 bits per heavy atom. The number of nitrogens with one attached hydrogen (secondary N) is 1. The highest BCUT2D eigenvalue weighted by molar-refractivity contribution is 14.1. The highest BCUT2D eigenvalue weighted by Gasteiger charge is 2.19. The molecule has 7 aromatic rings. The first-order valence-corrected chi connectivity index (χ1v) is 24.6. The molecule has 2 aliphatic rings. The Morgan fingerprint density at radius 3 is 1.28 bits per heavy atom. The van der Waals surface area contributed by atoms with Crippen molar-refractivity contribution in [1.82, 2.24) is 15.0 Å². The van der Waals surface area contributed by atoms with E-state index in [1.807, 2.05) is 0 Å².